The molecule has 0 fully saturated rings. The number of benzene rings is 2. The maximum absolute atomic E-state index is 13.9. The Morgan fingerprint density at radius 2 is 1.77 bits per heavy atom. The Morgan fingerprint density at radius 1 is 0.886 bits per heavy atom. The summed E-state index contributed by atoms with van der Waals surface area (Å²) in [7, 11) is 4.07. The van der Waals surface area contributed by atoms with Crippen molar-refractivity contribution < 1.29 is 4.39 Å². The predicted molar refractivity (Wildman–Crippen MR) is 137 cm³/mol. The minimum absolute atomic E-state index is 0.255. The van der Waals surface area contributed by atoms with Gasteiger partial charge in [0.1, 0.15) is 17.0 Å². The molecule has 0 unspecified atom stereocenters. The predicted octanol–water partition coefficient (Wildman–Crippen LogP) is 6.04. The number of hydrogen-bond donors (Lipinski definition) is 2. The van der Waals surface area contributed by atoms with Crippen LogP contribution in [0.2, 0.25) is 0 Å². The summed E-state index contributed by atoms with van der Waals surface area (Å²) in [6.07, 6.45) is 3.72. The van der Waals surface area contributed by atoms with Crippen molar-refractivity contribution in [1.82, 2.24) is 30.0 Å². The zero-order chi connectivity index (χ0) is 23.9. The Labute approximate surface area is 201 Å². The molecule has 4 heterocycles. The second-order valence-electron chi connectivity index (χ2n) is 8.94. The summed E-state index contributed by atoms with van der Waals surface area (Å²) >= 11 is 0. The van der Waals surface area contributed by atoms with Gasteiger partial charge in [0.25, 0.3) is 0 Å². The zero-order valence-corrected chi connectivity index (χ0v) is 19.4. The minimum atomic E-state index is -0.255. The maximum atomic E-state index is 13.9. The molecule has 0 aliphatic heterocycles. The topological polar surface area (TPSA) is 73.5 Å². The fourth-order valence-corrected chi connectivity index (χ4v) is 4.52. The number of H-pyrrole nitrogens is 2. The number of nitrogens with one attached hydrogen (secondary N) is 2. The molecular formula is C28H23FN6. The van der Waals surface area contributed by atoms with Gasteiger partial charge in [-0.05, 0) is 73.3 Å². The molecule has 0 spiro atoms. The molecule has 2 aromatic carbocycles. The van der Waals surface area contributed by atoms with Gasteiger partial charge in [0, 0.05) is 35.4 Å². The lowest BCUT2D eigenvalue weighted by molar-refractivity contribution is 0.402. The molecular weight excluding hydrogens is 439 g/mol. The molecule has 0 atom stereocenters. The van der Waals surface area contributed by atoms with E-state index in [1.807, 2.05) is 62.9 Å². The van der Waals surface area contributed by atoms with E-state index >= 15 is 0 Å². The third-order valence-electron chi connectivity index (χ3n) is 6.05. The van der Waals surface area contributed by atoms with Gasteiger partial charge in [-0.25, -0.2) is 9.37 Å². The van der Waals surface area contributed by atoms with E-state index in [-0.39, 0.29) is 5.82 Å². The Kier molecular flexibility index (Phi) is 5.12. The largest absolute Gasteiger partial charge is 0.353 e. The fraction of sp³-hybridized carbons (Fsp3) is 0.107. The maximum Gasteiger partial charge on any atom is 0.135 e. The molecule has 172 valence electrons. The first-order chi connectivity index (χ1) is 17.0. The molecule has 7 heteroatoms. The van der Waals surface area contributed by atoms with Gasteiger partial charge in [0.15, 0.2) is 0 Å². The van der Waals surface area contributed by atoms with Crippen LogP contribution in [0.1, 0.15) is 5.56 Å². The Hall–Kier alpha value is -4.36. The zero-order valence-electron chi connectivity index (χ0n) is 19.4. The van der Waals surface area contributed by atoms with Gasteiger partial charge >= 0.3 is 0 Å². The standard InChI is InChI=1S/C28H23FN6/c1-35(2)16-17-11-19(15-30-14-17)23-9-10-25-27(32-23)28(34-33-25)26-13-22-21(7-4-8-24(22)31-26)18-5-3-6-20(29)12-18/h3-15,31H,16H2,1-2H3,(H,33,34). The Balaban J connectivity index is 1.45. The van der Waals surface area contributed by atoms with Crippen LogP contribution < -0.4 is 0 Å². The Bertz CT molecular complexity index is 1680. The average molecular weight is 463 g/mol. The quantitative estimate of drug-likeness (QED) is 0.328. The van der Waals surface area contributed by atoms with E-state index < -0.39 is 0 Å². The number of fused-ring (bicyclic) bond motifs is 2. The van der Waals surface area contributed by atoms with Crippen molar-refractivity contribution in [2.75, 3.05) is 14.1 Å². The SMILES string of the molecule is CN(C)Cc1cncc(-c2ccc3[nH]nc(-c4cc5c(-c6cccc(F)c6)cccc5[nH]4)c3n2)c1. The molecule has 0 aliphatic carbocycles. The molecule has 6 aromatic rings. The third kappa shape index (κ3) is 3.96. The summed E-state index contributed by atoms with van der Waals surface area (Å²) in [4.78, 5) is 14.9. The van der Waals surface area contributed by atoms with Gasteiger partial charge in [0.05, 0.1) is 16.9 Å². The van der Waals surface area contributed by atoms with Crippen molar-refractivity contribution in [3.8, 4) is 33.8 Å². The van der Waals surface area contributed by atoms with E-state index in [0.29, 0.717) is 0 Å². The summed E-state index contributed by atoms with van der Waals surface area (Å²) in [6.45, 7) is 0.808. The lowest BCUT2D eigenvalue weighted by Crippen LogP contribution is -2.10. The molecule has 0 amide bonds. The van der Waals surface area contributed by atoms with Crippen LogP contribution in [0.25, 0.3) is 55.7 Å². The molecule has 6 rings (SSSR count). The monoisotopic (exact) mass is 462 g/mol. The summed E-state index contributed by atoms with van der Waals surface area (Å²) in [6, 6.07) is 20.8. The first-order valence-electron chi connectivity index (χ1n) is 11.4. The van der Waals surface area contributed by atoms with Gasteiger partial charge in [-0.1, -0.05) is 24.3 Å². The van der Waals surface area contributed by atoms with Gasteiger partial charge < -0.3 is 9.88 Å². The fourth-order valence-electron chi connectivity index (χ4n) is 4.52. The van der Waals surface area contributed by atoms with E-state index in [1.54, 1.807) is 12.1 Å². The minimum Gasteiger partial charge on any atom is -0.353 e. The van der Waals surface area contributed by atoms with E-state index in [9.17, 15) is 4.39 Å². The molecule has 0 radical (unpaired) electrons. The highest BCUT2D eigenvalue weighted by Gasteiger charge is 2.16. The van der Waals surface area contributed by atoms with E-state index in [2.05, 4.69) is 37.2 Å². The number of halogens is 1. The molecule has 0 saturated heterocycles. The van der Waals surface area contributed by atoms with Crippen LogP contribution in [0.15, 0.2) is 79.1 Å². The first kappa shape index (κ1) is 21.2. The number of nitrogens with zero attached hydrogens (tertiary/aromatic N) is 4. The molecule has 0 saturated carbocycles. The molecule has 0 bridgehead atoms. The van der Waals surface area contributed by atoms with Crippen molar-refractivity contribution in [3.05, 3.63) is 90.5 Å². The normalized spacial score (nSPS) is 11.7. The van der Waals surface area contributed by atoms with E-state index in [4.69, 9.17) is 4.98 Å². The highest BCUT2D eigenvalue weighted by molar-refractivity contribution is 6.00. The van der Waals surface area contributed by atoms with E-state index in [0.717, 1.165) is 67.8 Å². The highest BCUT2D eigenvalue weighted by atomic mass is 19.1. The molecule has 35 heavy (non-hydrogen) atoms. The van der Waals surface area contributed by atoms with Gasteiger partial charge in [-0.2, -0.15) is 5.10 Å². The summed E-state index contributed by atoms with van der Waals surface area (Å²) < 4.78 is 13.9. The van der Waals surface area contributed by atoms with Gasteiger partial charge in [-0.15, -0.1) is 0 Å². The van der Waals surface area contributed by atoms with Crippen molar-refractivity contribution >= 4 is 21.9 Å². The van der Waals surface area contributed by atoms with Crippen LogP contribution in [0, 0.1) is 5.82 Å². The summed E-state index contributed by atoms with van der Waals surface area (Å²) in [5.74, 6) is -0.255. The number of pyridine rings is 2. The number of aromatic amines is 2. The van der Waals surface area contributed by atoms with Crippen LogP contribution in [0.5, 0.6) is 0 Å². The summed E-state index contributed by atoms with van der Waals surface area (Å²) in [5.41, 5.74) is 8.88. The lowest BCUT2D eigenvalue weighted by Gasteiger charge is -2.10. The van der Waals surface area contributed by atoms with Crippen molar-refractivity contribution in [3.63, 3.8) is 0 Å². The van der Waals surface area contributed by atoms with Crippen LogP contribution in [-0.2, 0) is 6.54 Å². The van der Waals surface area contributed by atoms with Crippen LogP contribution in [-0.4, -0.2) is 44.1 Å². The van der Waals surface area contributed by atoms with E-state index in [1.165, 1.54) is 6.07 Å². The first-order valence-corrected chi connectivity index (χ1v) is 11.4. The number of rotatable bonds is 5. The molecule has 0 aliphatic rings. The average Bonchev–Trinajstić information content (AvgIpc) is 3.47. The van der Waals surface area contributed by atoms with Crippen LogP contribution >= 0.6 is 0 Å². The van der Waals surface area contributed by atoms with Crippen molar-refractivity contribution in [1.29, 1.82) is 0 Å². The summed E-state index contributed by atoms with van der Waals surface area (Å²) in [5, 5.41) is 8.67. The molecule has 2 N–H and O–H groups in total. The molecule has 4 aromatic heterocycles. The van der Waals surface area contributed by atoms with Gasteiger partial charge in [-0.3, -0.25) is 10.1 Å². The van der Waals surface area contributed by atoms with Crippen molar-refractivity contribution in [2.24, 2.45) is 0 Å². The second-order valence-corrected chi connectivity index (χ2v) is 8.94. The second kappa shape index (κ2) is 8.45. The molecule has 6 nitrogen and oxygen atoms in total. The highest BCUT2D eigenvalue weighted by Crippen LogP contribution is 2.34. The lowest BCUT2D eigenvalue weighted by atomic mass is 10.0. The van der Waals surface area contributed by atoms with Crippen LogP contribution in [0.4, 0.5) is 4.39 Å². The smallest absolute Gasteiger partial charge is 0.135 e. The number of hydrogen-bond acceptors (Lipinski definition) is 4. The van der Waals surface area contributed by atoms with Crippen molar-refractivity contribution in [2.45, 2.75) is 6.54 Å². The van der Waals surface area contributed by atoms with Gasteiger partial charge in [0.2, 0.25) is 0 Å². The number of aromatic nitrogens is 5. The third-order valence-corrected chi connectivity index (χ3v) is 6.05. The van der Waals surface area contributed by atoms with Crippen LogP contribution in [0.3, 0.4) is 0 Å². The Morgan fingerprint density at radius 3 is 2.63 bits per heavy atom.